The predicted molar refractivity (Wildman–Crippen MR) is 123 cm³/mol. The molecule has 3 rings (SSSR count). The molecule has 0 radical (unpaired) electrons. The van der Waals surface area contributed by atoms with E-state index in [4.69, 9.17) is 24.7 Å². The fourth-order valence-electron chi connectivity index (χ4n) is 4.89. The van der Waals surface area contributed by atoms with E-state index in [9.17, 15) is 66.1 Å². The van der Waals surface area contributed by atoms with Crippen LogP contribution in [-0.2, 0) is 23.7 Å². The fourth-order valence-corrected chi connectivity index (χ4v) is 4.89. The van der Waals surface area contributed by atoms with Crippen LogP contribution < -0.4 is 11.1 Å². The lowest BCUT2D eigenvalue weighted by Crippen LogP contribution is -2.67. The van der Waals surface area contributed by atoms with Crippen molar-refractivity contribution in [3.63, 3.8) is 0 Å². The van der Waals surface area contributed by atoms with Gasteiger partial charge in [-0.25, -0.2) is 4.79 Å². The zero-order chi connectivity index (χ0) is 30.0. The lowest BCUT2D eigenvalue weighted by molar-refractivity contribution is -0.352. The number of nitrogens with one attached hydrogen (secondary N) is 1. The van der Waals surface area contributed by atoms with Crippen LogP contribution in [0.15, 0.2) is 0 Å². The molecule has 15 N–H and O–H groups in total. The fraction of sp³-hybridized carbons (Fsp3) is 0.952. The van der Waals surface area contributed by atoms with Gasteiger partial charge in [-0.05, 0) is 0 Å². The molecule has 40 heavy (non-hydrogen) atoms. The highest BCUT2D eigenvalue weighted by Crippen LogP contribution is 2.30. The zero-order valence-corrected chi connectivity index (χ0v) is 20.9. The van der Waals surface area contributed by atoms with Gasteiger partial charge in [-0.1, -0.05) is 0 Å². The summed E-state index contributed by atoms with van der Waals surface area (Å²) in [5.41, 5.74) is 5.81. The number of carboxylic acids is 1. The number of aliphatic hydroxyl groups excluding tert-OH is 11. The molecule has 3 aliphatic heterocycles. The maximum atomic E-state index is 11.9. The largest absolute Gasteiger partial charge is 0.479 e. The van der Waals surface area contributed by atoms with Crippen LogP contribution in [0.1, 0.15) is 0 Å². The second kappa shape index (κ2) is 13.8. The highest BCUT2D eigenvalue weighted by atomic mass is 16.7. The van der Waals surface area contributed by atoms with Gasteiger partial charge < -0.3 is 91.3 Å². The van der Waals surface area contributed by atoms with Crippen molar-refractivity contribution >= 4 is 5.97 Å². The van der Waals surface area contributed by atoms with Gasteiger partial charge in [0.15, 0.2) is 18.7 Å². The van der Waals surface area contributed by atoms with E-state index in [2.05, 4.69) is 5.32 Å². The molecular weight excluding hydrogens is 552 g/mol. The second-order valence-corrected chi connectivity index (χ2v) is 9.93. The molecule has 0 saturated carbocycles. The first-order valence-electron chi connectivity index (χ1n) is 12.4. The number of aliphatic hydroxyl groups is 11. The normalized spacial score (nSPS) is 46.6. The van der Waals surface area contributed by atoms with Gasteiger partial charge in [0.25, 0.3) is 0 Å². The topological polar surface area (TPSA) is 335 Å². The zero-order valence-electron chi connectivity index (χ0n) is 20.9. The number of rotatable bonds is 11. The lowest BCUT2D eigenvalue weighted by Gasteiger charge is -2.46. The van der Waals surface area contributed by atoms with E-state index in [0.717, 1.165) is 0 Å². The van der Waals surface area contributed by atoms with E-state index in [-0.39, 0.29) is 0 Å². The summed E-state index contributed by atoms with van der Waals surface area (Å²) in [6.07, 6.45) is -25.5. The average Bonchev–Trinajstić information content (AvgIpc) is 3.22. The Balaban J connectivity index is 1.72. The number of aliphatic carboxylic acids is 1. The number of ether oxygens (including phenoxy) is 4. The molecule has 3 heterocycles. The predicted octanol–water partition coefficient (Wildman–Crippen LogP) is -9.18. The average molecular weight is 591 g/mol. The number of hydrogen-bond donors (Lipinski definition) is 14. The van der Waals surface area contributed by atoms with Crippen LogP contribution in [0.25, 0.3) is 0 Å². The Labute approximate surface area is 226 Å². The van der Waals surface area contributed by atoms with Gasteiger partial charge in [-0.3, -0.25) is 0 Å². The van der Waals surface area contributed by atoms with Crippen molar-refractivity contribution in [1.82, 2.24) is 5.32 Å². The molecule has 0 aromatic carbocycles. The number of nitrogens with two attached hydrogens (primary N) is 1. The van der Waals surface area contributed by atoms with Crippen molar-refractivity contribution in [1.29, 1.82) is 0 Å². The lowest BCUT2D eigenvalue weighted by atomic mass is 9.95. The van der Waals surface area contributed by atoms with Gasteiger partial charge in [-0.2, -0.15) is 0 Å². The summed E-state index contributed by atoms with van der Waals surface area (Å²) < 4.78 is 21.3. The molecule has 17 atom stereocenters. The molecule has 3 aliphatic rings. The molecular formula is C21H38N2O17. The van der Waals surface area contributed by atoms with Crippen molar-refractivity contribution < 1.29 is 85.0 Å². The van der Waals surface area contributed by atoms with Crippen LogP contribution in [0, 0.1) is 0 Å². The van der Waals surface area contributed by atoms with Crippen LogP contribution in [0.2, 0.25) is 0 Å². The first-order chi connectivity index (χ1) is 18.8. The van der Waals surface area contributed by atoms with Gasteiger partial charge in [0, 0.05) is 0 Å². The van der Waals surface area contributed by atoms with Crippen molar-refractivity contribution in [3.05, 3.63) is 0 Å². The SMILES string of the molecule is N[C@@H]1[C@H](O[C@@H]2[C@H](O)[C@@H](O)[C@H](O[C@@H](C(=O)O)[C@@H](O)[C@H](O)[C@H]3N[C@H](CO)[C@@H](O)[C@@H]3O)O[C@@H]2CO)O[C@H](CO)[C@@H](O)[C@@H]1O. The quantitative estimate of drug-likeness (QED) is 0.106. The van der Waals surface area contributed by atoms with E-state index >= 15 is 0 Å². The first-order valence-corrected chi connectivity index (χ1v) is 12.4. The third-order valence-electron chi connectivity index (χ3n) is 7.33. The molecule has 0 amide bonds. The Kier molecular flexibility index (Phi) is 11.5. The van der Waals surface area contributed by atoms with Crippen LogP contribution >= 0.6 is 0 Å². The monoisotopic (exact) mass is 590 g/mol. The molecule has 19 heteroatoms. The molecule has 3 fully saturated rings. The molecule has 0 aromatic heterocycles. The minimum Gasteiger partial charge on any atom is -0.479 e. The molecule has 19 nitrogen and oxygen atoms in total. The van der Waals surface area contributed by atoms with Crippen LogP contribution in [0.3, 0.4) is 0 Å². The highest BCUT2D eigenvalue weighted by molar-refractivity contribution is 5.73. The van der Waals surface area contributed by atoms with Crippen LogP contribution in [-0.4, -0.2) is 191 Å². The van der Waals surface area contributed by atoms with Gasteiger partial charge in [-0.15, -0.1) is 0 Å². The Hall–Kier alpha value is -1.21. The minimum absolute atomic E-state index is 0.654. The summed E-state index contributed by atoms with van der Waals surface area (Å²) in [5, 5.41) is 123. The molecule has 234 valence electrons. The molecule has 0 unspecified atom stereocenters. The Morgan fingerprint density at radius 2 is 1.40 bits per heavy atom. The van der Waals surface area contributed by atoms with E-state index < -0.39 is 130 Å². The summed E-state index contributed by atoms with van der Waals surface area (Å²) >= 11 is 0. The van der Waals surface area contributed by atoms with Crippen LogP contribution in [0.5, 0.6) is 0 Å². The van der Waals surface area contributed by atoms with Gasteiger partial charge in [0.2, 0.25) is 0 Å². The summed E-state index contributed by atoms with van der Waals surface area (Å²) in [4.78, 5) is 11.9. The highest BCUT2D eigenvalue weighted by Gasteiger charge is 2.53. The molecule has 3 saturated heterocycles. The second-order valence-electron chi connectivity index (χ2n) is 9.93. The van der Waals surface area contributed by atoms with E-state index in [0.29, 0.717) is 0 Å². The minimum atomic E-state index is -2.35. The summed E-state index contributed by atoms with van der Waals surface area (Å²) in [6.45, 7) is -2.31. The smallest absolute Gasteiger partial charge is 0.335 e. The van der Waals surface area contributed by atoms with Crippen molar-refractivity contribution in [2.45, 2.75) is 104 Å². The number of hydrogen-bond acceptors (Lipinski definition) is 18. The van der Waals surface area contributed by atoms with Gasteiger partial charge in [0.05, 0.1) is 50.2 Å². The summed E-state index contributed by atoms with van der Waals surface area (Å²) in [7, 11) is 0. The third-order valence-corrected chi connectivity index (χ3v) is 7.33. The van der Waals surface area contributed by atoms with Crippen LogP contribution in [0.4, 0.5) is 0 Å². The standard InChI is InChI=1S/C21H38N2O17/c22-7-11(29)10(28)5(2-25)37-20(7)39-17-6(3-26)38-21(16(34)15(17)33)40-18(19(35)36)14(32)13(31)8-12(30)9(27)4(1-24)23-8/h4-18,20-21,23-34H,1-3,22H2,(H,35,36)/t4-,5-,6-,7+,8+,9-,10-,11-,12-,13-,14+,15-,16-,17+,18-,20+,21+/m1/s1. The number of carboxylic acid groups (broad SMARTS) is 1. The Morgan fingerprint density at radius 3 is 1.93 bits per heavy atom. The first kappa shape index (κ1) is 33.3. The Morgan fingerprint density at radius 1 is 0.800 bits per heavy atom. The van der Waals surface area contributed by atoms with E-state index in [1.165, 1.54) is 0 Å². The van der Waals surface area contributed by atoms with Crippen molar-refractivity contribution in [2.75, 3.05) is 19.8 Å². The van der Waals surface area contributed by atoms with E-state index in [1.54, 1.807) is 0 Å². The maximum Gasteiger partial charge on any atom is 0.335 e. The maximum absolute atomic E-state index is 11.9. The van der Waals surface area contributed by atoms with Crippen molar-refractivity contribution in [3.8, 4) is 0 Å². The summed E-state index contributed by atoms with van der Waals surface area (Å²) in [5.74, 6) is -1.87. The van der Waals surface area contributed by atoms with Crippen molar-refractivity contribution in [2.24, 2.45) is 5.73 Å². The third kappa shape index (κ3) is 6.55. The van der Waals surface area contributed by atoms with E-state index in [1.807, 2.05) is 0 Å². The molecule has 0 aliphatic carbocycles. The van der Waals surface area contributed by atoms with Gasteiger partial charge in [0.1, 0.15) is 54.9 Å². The molecule has 0 spiro atoms. The summed E-state index contributed by atoms with van der Waals surface area (Å²) in [6, 6.07) is -4.01. The molecule has 0 aromatic rings. The van der Waals surface area contributed by atoms with Gasteiger partial charge >= 0.3 is 5.97 Å². The Bertz CT molecular complexity index is 824. The molecule has 0 bridgehead atoms. The number of carbonyl (C=O) groups is 1.